The number of rotatable bonds is 30. The van der Waals surface area contributed by atoms with Gasteiger partial charge >= 0.3 is 0 Å². The molecule has 6 atom stereocenters. The highest BCUT2D eigenvalue weighted by Gasteiger charge is 2.40. The van der Waals surface area contributed by atoms with E-state index in [1.807, 2.05) is 93.3 Å². The Hall–Kier alpha value is -6.41. The second-order valence-corrected chi connectivity index (χ2v) is 23.0. The average molecular weight is 1100 g/mol. The summed E-state index contributed by atoms with van der Waals surface area (Å²) in [6.07, 6.45) is 3.52. The summed E-state index contributed by atoms with van der Waals surface area (Å²) in [5.74, 6) is -3.19. The molecule has 0 radical (unpaired) electrons. The number of ether oxygens (including phenoxy) is 2. The number of aromatic nitrogens is 3. The standard InChI is InChI=1S/C56H73N8O11PS/c1-39(2)31-48(52(66)56(5,70)38-75-77(71,72)46-24-22-45(23-25-46)74-36-44-34-64(62-61-44)76-37-43-19-13-8-14-20-43)58-55(69)50(33-42-17-11-7-12-18-42)60-54(68)49(32-40(3)4)59-53(67)47(26-21-41-15-9-6-10-16-41)57-51(65)35-63-27-29-73-30-28-63/h6-20,22-25,34,39-40,47-50,70,76H,21,26-33,35-38H2,1-5H3,(H,57,65)(H,58,69)(H,59,67)(H,60,68)/t47-,48-,49-,50-,56?/m0/s1. The van der Waals surface area contributed by atoms with Crippen molar-refractivity contribution in [3.8, 4) is 5.75 Å². The Morgan fingerprint density at radius 3 is 1.88 bits per heavy atom. The first-order chi connectivity index (χ1) is 36.8. The van der Waals surface area contributed by atoms with E-state index in [1.165, 1.54) is 29.8 Å². The van der Waals surface area contributed by atoms with Crippen LogP contribution in [-0.4, -0.2) is 132 Å². The molecule has 4 aromatic carbocycles. The number of Topliss-reactive ketones (excluding diaryl/α,β-unsaturated/α-hetero) is 1. The lowest BCUT2D eigenvalue weighted by molar-refractivity contribution is -0.143. The quantitative estimate of drug-likeness (QED) is 0.0307. The molecule has 5 N–H and O–H groups in total. The van der Waals surface area contributed by atoms with Gasteiger partial charge in [-0.1, -0.05) is 124 Å². The maximum absolute atomic E-state index is 14.5. The zero-order chi connectivity index (χ0) is 55.4. The van der Waals surface area contributed by atoms with Crippen LogP contribution in [0.2, 0.25) is 0 Å². The molecule has 0 aliphatic carbocycles. The van der Waals surface area contributed by atoms with Crippen molar-refractivity contribution in [1.82, 2.24) is 40.9 Å². The zero-order valence-corrected chi connectivity index (χ0v) is 46.2. The molecule has 77 heavy (non-hydrogen) atoms. The van der Waals surface area contributed by atoms with Crippen LogP contribution in [0.25, 0.3) is 0 Å². The second kappa shape index (κ2) is 29.4. The van der Waals surface area contributed by atoms with Crippen molar-refractivity contribution in [3.63, 3.8) is 0 Å². The molecule has 1 aromatic heterocycles. The molecule has 2 heterocycles. The number of ketones is 1. The van der Waals surface area contributed by atoms with Crippen molar-refractivity contribution >= 4 is 48.3 Å². The summed E-state index contributed by atoms with van der Waals surface area (Å²) in [4.78, 5) is 72.4. The maximum atomic E-state index is 14.5. The number of aliphatic hydroxyl groups is 1. The molecule has 1 aliphatic heterocycles. The van der Waals surface area contributed by atoms with Crippen molar-refractivity contribution in [2.45, 2.75) is 114 Å². The number of morpholine rings is 1. The Balaban J connectivity index is 1.10. The van der Waals surface area contributed by atoms with Crippen LogP contribution < -0.4 is 26.0 Å². The molecule has 0 saturated carbocycles. The van der Waals surface area contributed by atoms with Crippen LogP contribution in [-0.2, 0) is 68.6 Å². The van der Waals surface area contributed by atoms with Crippen LogP contribution in [0.4, 0.5) is 0 Å². The number of nitrogens with one attached hydrogen (secondary N) is 4. The lowest BCUT2D eigenvalue weighted by Gasteiger charge is -2.30. The normalized spacial score (nSPS) is 15.5. The molecular weight excluding hydrogens is 1020 g/mol. The number of hydrogen-bond donors (Lipinski definition) is 5. The van der Waals surface area contributed by atoms with E-state index in [-0.39, 0.29) is 61.5 Å². The molecule has 4 amide bonds. The lowest BCUT2D eigenvalue weighted by Crippen LogP contribution is -2.60. The molecule has 1 aliphatic rings. The summed E-state index contributed by atoms with van der Waals surface area (Å²) < 4.78 is 45.1. The molecule has 1 fully saturated rings. The van der Waals surface area contributed by atoms with E-state index in [0.29, 0.717) is 58.5 Å². The van der Waals surface area contributed by atoms with E-state index >= 15 is 0 Å². The SMILES string of the molecule is CC(C)C[C@H](NC(=O)[C@H](CCc1ccccc1)NC(=O)CN1CCOCC1)C(=O)N[C@@H](Cc1ccccc1)C(=O)N[C@@H](CC(C)C)C(=O)C(C)(O)COS(=O)(=O)c1ccc(OCc2cn(PCc3ccccc3)nn2)cc1. The van der Waals surface area contributed by atoms with Gasteiger partial charge in [0.25, 0.3) is 10.1 Å². The number of benzene rings is 4. The van der Waals surface area contributed by atoms with Gasteiger partial charge in [-0.05, 0) is 85.4 Å². The molecule has 414 valence electrons. The third kappa shape index (κ3) is 19.8. The highest BCUT2D eigenvalue weighted by molar-refractivity contribution is 7.86. The van der Waals surface area contributed by atoms with Gasteiger partial charge in [0, 0.05) is 34.4 Å². The number of aryl methyl sites for hydroxylation is 1. The number of carbonyl (C=O) groups is 5. The van der Waals surface area contributed by atoms with Crippen molar-refractivity contribution < 1.29 is 51.2 Å². The Morgan fingerprint density at radius 1 is 0.714 bits per heavy atom. The minimum Gasteiger partial charge on any atom is -0.487 e. The molecule has 1 saturated heterocycles. The van der Waals surface area contributed by atoms with Gasteiger partial charge < -0.3 is 35.8 Å². The van der Waals surface area contributed by atoms with Crippen molar-refractivity contribution in [2.75, 3.05) is 39.5 Å². The van der Waals surface area contributed by atoms with Gasteiger partial charge in [-0.3, -0.25) is 33.1 Å². The van der Waals surface area contributed by atoms with Crippen LogP contribution in [0.3, 0.4) is 0 Å². The van der Waals surface area contributed by atoms with Crippen LogP contribution in [0.1, 0.15) is 76.3 Å². The first-order valence-corrected chi connectivity index (χ1v) is 28.6. The molecule has 19 nitrogen and oxygen atoms in total. The second-order valence-electron chi connectivity index (χ2n) is 20.3. The van der Waals surface area contributed by atoms with Crippen molar-refractivity contribution in [2.24, 2.45) is 11.8 Å². The molecule has 0 bridgehead atoms. The van der Waals surface area contributed by atoms with Gasteiger partial charge in [-0.2, -0.15) is 8.42 Å². The summed E-state index contributed by atoms with van der Waals surface area (Å²) in [5.41, 5.74) is 0.993. The number of carbonyl (C=O) groups excluding carboxylic acids is 5. The highest BCUT2D eigenvalue weighted by atomic mass is 32.2. The molecule has 5 aromatic rings. The monoisotopic (exact) mass is 1100 g/mol. The Morgan fingerprint density at radius 2 is 1.26 bits per heavy atom. The highest BCUT2D eigenvalue weighted by Crippen LogP contribution is 2.24. The first-order valence-electron chi connectivity index (χ1n) is 26.0. The fourth-order valence-electron chi connectivity index (χ4n) is 8.49. The smallest absolute Gasteiger partial charge is 0.297 e. The average Bonchev–Trinajstić information content (AvgIpc) is 3.88. The van der Waals surface area contributed by atoms with Gasteiger partial charge in [-0.25, -0.2) is 4.45 Å². The third-order valence-corrected chi connectivity index (χ3v) is 15.0. The van der Waals surface area contributed by atoms with E-state index < -0.39 is 70.0 Å². The first kappa shape index (κ1) is 59.8. The molecule has 6 rings (SSSR count). The van der Waals surface area contributed by atoms with E-state index in [1.54, 1.807) is 41.0 Å². The number of hydrogen-bond acceptors (Lipinski definition) is 14. The predicted molar refractivity (Wildman–Crippen MR) is 292 cm³/mol. The summed E-state index contributed by atoms with van der Waals surface area (Å²) >= 11 is 0. The summed E-state index contributed by atoms with van der Waals surface area (Å²) in [7, 11) is -4.16. The van der Waals surface area contributed by atoms with Gasteiger partial charge in [0.15, 0.2) is 5.78 Å². The van der Waals surface area contributed by atoms with Gasteiger partial charge in [-0.15, -0.1) is 5.10 Å². The maximum Gasteiger partial charge on any atom is 0.297 e. The third-order valence-electron chi connectivity index (χ3n) is 12.6. The van der Waals surface area contributed by atoms with Gasteiger partial charge in [0.2, 0.25) is 23.6 Å². The summed E-state index contributed by atoms with van der Waals surface area (Å²) in [5, 5.41) is 31.3. The van der Waals surface area contributed by atoms with Crippen LogP contribution in [0, 0.1) is 11.8 Å². The fraction of sp³-hybridized carbons (Fsp3) is 0.446. The van der Waals surface area contributed by atoms with Gasteiger partial charge in [0.05, 0.1) is 36.9 Å². The fourth-order valence-corrected chi connectivity index (χ4v) is 10.4. The van der Waals surface area contributed by atoms with E-state index in [0.717, 1.165) is 18.6 Å². The van der Waals surface area contributed by atoms with Crippen molar-refractivity contribution in [1.29, 1.82) is 0 Å². The predicted octanol–water partition coefficient (Wildman–Crippen LogP) is 4.76. The van der Waals surface area contributed by atoms with E-state index in [9.17, 15) is 37.5 Å². The Labute approximate surface area is 453 Å². The Bertz CT molecular complexity index is 2780. The molecule has 2 unspecified atom stereocenters. The minimum atomic E-state index is -4.51. The molecule has 0 spiro atoms. The topological polar surface area (TPSA) is 249 Å². The number of amides is 4. The van der Waals surface area contributed by atoms with Crippen LogP contribution in [0.15, 0.2) is 126 Å². The van der Waals surface area contributed by atoms with E-state index in [4.69, 9.17) is 13.7 Å². The lowest BCUT2D eigenvalue weighted by atomic mass is 9.90. The van der Waals surface area contributed by atoms with Crippen molar-refractivity contribution in [3.05, 3.63) is 144 Å². The molecule has 21 heteroatoms. The number of nitrogens with zero attached hydrogens (tertiary/aromatic N) is 4. The van der Waals surface area contributed by atoms with Crippen LogP contribution >= 0.6 is 8.73 Å². The molecular formula is C56H73N8O11PS. The summed E-state index contributed by atoms with van der Waals surface area (Å²) in [6, 6.07) is 29.1. The summed E-state index contributed by atoms with van der Waals surface area (Å²) in [6.45, 7) is 9.84. The van der Waals surface area contributed by atoms with Gasteiger partial charge in [0.1, 0.15) is 48.4 Å². The largest absolute Gasteiger partial charge is 0.487 e. The Kier molecular flexibility index (Phi) is 22.8. The minimum absolute atomic E-state index is 0.0146. The zero-order valence-electron chi connectivity index (χ0n) is 44.4. The van der Waals surface area contributed by atoms with Crippen LogP contribution in [0.5, 0.6) is 5.75 Å². The van der Waals surface area contributed by atoms with E-state index in [2.05, 4.69) is 31.6 Å².